The van der Waals surface area contributed by atoms with Gasteiger partial charge in [0.15, 0.2) is 0 Å². The van der Waals surface area contributed by atoms with E-state index in [2.05, 4.69) is 159 Å². The summed E-state index contributed by atoms with van der Waals surface area (Å²) in [5, 5.41) is 5.59. The third-order valence-corrected chi connectivity index (χ3v) is 11.3. The molecule has 1 heteroatoms. The Labute approximate surface area is 203 Å². The Bertz CT molecular complexity index is 1260. The van der Waals surface area contributed by atoms with Crippen molar-refractivity contribution in [3.63, 3.8) is 0 Å². The Morgan fingerprint density at radius 2 is 0.706 bits per heavy atom. The van der Waals surface area contributed by atoms with Gasteiger partial charge in [-0.3, -0.25) is 0 Å². The van der Waals surface area contributed by atoms with Gasteiger partial charge in [0.2, 0.25) is 0 Å². The van der Waals surface area contributed by atoms with Crippen molar-refractivity contribution in [3.8, 4) is 0 Å². The molecule has 0 nitrogen and oxygen atoms in total. The van der Waals surface area contributed by atoms with Crippen LogP contribution < -0.4 is 21.2 Å². The van der Waals surface area contributed by atoms with Crippen molar-refractivity contribution in [1.29, 1.82) is 0 Å². The van der Waals surface area contributed by atoms with Crippen LogP contribution in [0.25, 0.3) is 12.2 Å². The minimum absolute atomic E-state index is 1.21. The number of benzene rings is 5. The van der Waals surface area contributed by atoms with E-state index in [4.69, 9.17) is 0 Å². The van der Waals surface area contributed by atoms with Crippen LogP contribution in [0, 0.1) is 6.92 Å². The Morgan fingerprint density at radius 3 is 1.09 bits per heavy atom. The topological polar surface area (TPSA) is 0 Å². The predicted octanol–water partition coefficient (Wildman–Crippen LogP) is 6.52. The molecule has 0 spiro atoms. The van der Waals surface area contributed by atoms with Gasteiger partial charge in [-0.05, 0) is 0 Å². The maximum absolute atomic E-state index is 2.44. The molecule has 5 aromatic carbocycles. The summed E-state index contributed by atoms with van der Waals surface area (Å²) in [6, 6.07) is 51.0. The summed E-state index contributed by atoms with van der Waals surface area (Å²) in [7, 11) is -2.44. The molecule has 5 rings (SSSR count). The zero-order chi connectivity index (χ0) is 23.2. The molecule has 0 saturated carbocycles. The van der Waals surface area contributed by atoms with Gasteiger partial charge in [-0.1, -0.05) is 0 Å². The Morgan fingerprint density at radius 1 is 0.382 bits per heavy atom. The summed E-state index contributed by atoms with van der Waals surface area (Å²) >= 11 is 0. The van der Waals surface area contributed by atoms with Crippen molar-refractivity contribution in [2.24, 2.45) is 0 Å². The van der Waals surface area contributed by atoms with Crippen LogP contribution in [0.5, 0.6) is 0 Å². The second-order valence-corrected chi connectivity index (χ2v) is 12.5. The molecule has 0 atom stereocenters. The molecule has 0 aliphatic heterocycles. The first-order chi connectivity index (χ1) is 16.8. The normalized spacial score (nSPS) is 12.0. The zero-order valence-corrected chi connectivity index (χ0v) is 20.4. The van der Waals surface area contributed by atoms with E-state index in [0.29, 0.717) is 0 Å². The number of aryl methyl sites for hydroxylation is 1. The van der Waals surface area contributed by atoms with Crippen molar-refractivity contribution in [2.45, 2.75) is 6.92 Å². The van der Waals surface area contributed by atoms with Crippen LogP contribution in [-0.4, -0.2) is 0 Å². The van der Waals surface area contributed by atoms with Gasteiger partial charge in [-0.25, -0.2) is 0 Å². The fourth-order valence-electron chi connectivity index (χ4n) is 4.78. The van der Waals surface area contributed by atoms with Gasteiger partial charge in [0.1, 0.15) is 0 Å². The summed E-state index contributed by atoms with van der Waals surface area (Å²) < 4.78 is 0. The molecule has 0 heterocycles. The molecule has 0 unspecified atom stereocenters. The average molecular weight is 457 g/mol. The first kappa shape index (κ1) is 22.1. The number of hydrogen-bond donors (Lipinski definition) is 0. The van der Waals surface area contributed by atoms with E-state index in [9.17, 15) is 0 Å². The van der Waals surface area contributed by atoms with Crippen LogP contribution in [-0.2, 0) is 0 Å². The molecule has 5 aromatic rings. The Hall–Kier alpha value is -3.73. The summed E-state index contributed by atoms with van der Waals surface area (Å²) in [6.07, 6.45) is 4.38. The van der Waals surface area contributed by atoms with Gasteiger partial charge in [-0.2, -0.15) is 0 Å². The van der Waals surface area contributed by atoms with Gasteiger partial charge in [0, 0.05) is 0 Å². The Balaban J connectivity index is 1.64. The second-order valence-electron chi connectivity index (χ2n) is 8.71. The molecule has 0 fully saturated rings. The van der Waals surface area contributed by atoms with E-state index < -0.39 is 7.26 Å². The third kappa shape index (κ3) is 4.38. The molecule has 0 N–H and O–H groups in total. The fourth-order valence-corrected chi connectivity index (χ4v) is 9.52. The predicted molar refractivity (Wildman–Crippen MR) is 153 cm³/mol. The van der Waals surface area contributed by atoms with Gasteiger partial charge in [0.05, 0.1) is 0 Å². The summed E-state index contributed by atoms with van der Waals surface area (Å²) in [5.41, 5.74) is 3.71. The van der Waals surface area contributed by atoms with E-state index in [1.165, 1.54) is 37.9 Å². The SMILES string of the molecule is Cc1ccc(/C=C/c2ccc([PH](c3ccccc3)(c3ccccc3)c3ccccc3)cc2)cc1. The molecular formula is C33H29P. The van der Waals surface area contributed by atoms with Crippen molar-refractivity contribution in [2.75, 3.05) is 0 Å². The van der Waals surface area contributed by atoms with Crippen LogP contribution in [0.1, 0.15) is 16.7 Å². The molecule has 0 radical (unpaired) electrons. The molecule has 0 saturated heterocycles. The van der Waals surface area contributed by atoms with Crippen LogP contribution in [0.15, 0.2) is 140 Å². The molecule has 0 bridgehead atoms. The standard InChI is InChI=1S/C33H29P/c1-27-17-19-28(20-18-27)21-22-29-23-25-33(26-24-29)34(30-11-5-2-6-12-30,31-13-7-3-8-14-31)32-15-9-4-10-16-32/h2-26,34H,1H3/b22-21+. The maximum atomic E-state index is 2.34. The van der Waals surface area contributed by atoms with Crippen LogP contribution >= 0.6 is 7.26 Å². The molecule has 0 aliphatic rings. The number of hydrogen-bond acceptors (Lipinski definition) is 0. The van der Waals surface area contributed by atoms with E-state index >= 15 is 0 Å². The van der Waals surface area contributed by atoms with Gasteiger partial charge in [-0.15, -0.1) is 0 Å². The first-order valence-electron chi connectivity index (χ1n) is 11.8. The van der Waals surface area contributed by atoms with Crippen molar-refractivity contribution in [3.05, 3.63) is 156 Å². The molecule has 0 aliphatic carbocycles. The molecular weight excluding hydrogens is 427 g/mol. The van der Waals surface area contributed by atoms with Crippen molar-refractivity contribution < 1.29 is 0 Å². The second kappa shape index (κ2) is 10.0. The van der Waals surface area contributed by atoms with E-state index in [0.717, 1.165) is 0 Å². The first-order valence-corrected chi connectivity index (χ1v) is 13.8. The molecule has 34 heavy (non-hydrogen) atoms. The van der Waals surface area contributed by atoms with Crippen LogP contribution in [0.2, 0.25) is 0 Å². The van der Waals surface area contributed by atoms with Gasteiger partial charge < -0.3 is 0 Å². The quantitative estimate of drug-likeness (QED) is 0.202. The van der Waals surface area contributed by atoms with Crippen LogP contribution in [0.4, 0.5) is 0 Å². The monoisotopic (exact) mass is 456 g/mol. The van der Waals surface area contributed by atoms with E-state index in [1.807, 2.05) is 0 Å². The third-order valence-electron chi connectivity index (χ3n) is 6.51. The Kier molecular flexibility index (Phi) is 6.52. The summed E-state index contributed by atoms with van der Waals surface area (Å²) in [4.78, 5) is 0. The van der Waals surface area contributed by atoms with Crippen LogP contribution in [0.3, 0.4) is 0 Å². The molecule has 166 valence electrons. The van der Waals surface area contributed by atoms with Gasteiger partial charge in [0.25, 0.3) is 0 Å². The van der Waals surface area contributed by atoms with Crippen molar-refractivity contribution in [1.82, 2.24) is 0 Å². The summed E-state index contributed by atoms with van der Waals surface area (Å²) in [5.74, 6) is 0. The van der Waals surface area contributed by atoms with E-state index in [1.54, 1.807) is 0 Å². The van der Waals surface area contributed by atoms with E-state index in [-0.39, 0.29) is 0 Å². The van der Waals surface area contributed by atoms with Gasteiger partial charge >= 0.3 is 204 Å². The molecule has 0 amide bonds. The zero-order valence-electron chi connectivity index (χ0n) is 19.4. The summed E-state index contributed by atoms with van der Waals surface area (Å²) in [6.45, 7) is 2.12. The average Bonchev–Trinajstić information content (AvgIpc) is 2.91. The molecule has 0 aromatic heterocycles. The minimum atomic E-state index is -2.44. The van der Waals surface area contributed by atoms with Crippen molar-refractivity contribution >= 4 is 40.6 Å². The number of rotatable bonds is 6. The fraction of sp³-hybridized carbons (Fsp3) is 0.0303.